The van der Waals surface area contributed by atoms with E-state index in [0.717, 1.165) is 0 Å². The topological polar surface area (TPSA) is 116 Å². The van der Waals surface area contributed by atoms with Crippen LogP contribution in [0.15, 0.2) is 45.9 Å². The number of carbonyl (C=O) groups excluding carboxylic acids is 1. The average molecular weight is 461 g/mol. The van der Waals surface area contributed by atoms with Gasteiger partial charge in [0.1, 0.15) is 16.7 Å². The minimum atomic E-state index is -3.85. The highest BCUT2D eigenvalue weighted by Crippen LogP contribution is 2.34. The van der Waals surface area contributed by atoms with E-state index in [1.165, 1.54) is 22.3 Å². The van der Waals surface area contributed by atoms with Crippen LogP contribution in [-0.2, 0) is 21.4 Å². The van der Waals surface area contributed by atoms with E-state index in [2.05, 4.69) is 10.4 Å². The molecular weight excluding hydrogens is 436 g/mol. The Bertz CT molecular complexity index is 1250. The lowest BCUT2D eigenvalue weighted by Gasteiger charge is -2.17. The van der Waals surface area contributed by atoms with E-state index in [4.69, 9.17) is 13.9 Å². The smallest absolute Gasteiger partial charge is 0.248 e. The molecule has 3 aromatic rings. The van der Waals surface area contributed by atoms with Crippen molar-refractivity contribution in [2.24, 2.45) is 0 Å². The number of rotatable bonds is 7. The molecule has 0 saturated carbocycles. The number of sulfonamides is 1. The Balaban J connectivity index is 1.55. The summed E-state index contributed by atoms with van der Waals surface area (Å²) in [6, 6.07) is 7.75. The molecule has 0 spiro atoms. The van der Waals surface area contributed by atoms with Crippen LogP contribution in [0.4, 0.5) is 5.69 Å². The largest absolute Gasteiger partial charge is 0.468 e. The van der Waals surface area contributed by atoms with Gasteiger partial charge in [0.25, 0.3) is 0 Å². The number of hydrogen-bond acceptors (Lipinski definition) is 7. The molecule has 1 aromatic carbocycles. The van der Waals surface area contributed by atoms with E-state index in [1.807, 2.05) is 0 Å². The first-order valence-electron chi connectivity index (χ1n) is 9.93. The van der Waals surface area contributed by atoms with Gasteiger partial charge in [-0.25, -0.2) is 8.42 Å². The van der Waals surface area contributed by atoms with Gasteiger partial charge in [0.15, 0.2) is 11.5 Å². The number of anilines is 1. The Morgan fingerprint density at radius 1 is 1.25 bits per heavy atom. The van der Waals surface area contributed by atoms with Gasteiger partial charge in [0.2, 0.25) is 22.7 Å². The molecular formula is C21H24N4O6S. The third kappa shape index (κ3) is 3.96. The van der Waals surface area contributed by atoms with Gasteiger partial charge in [0, 0.05) is 18.8 Å². The van der Waals surface area contributed by atoms with Crippen LogP contribution in [0.1, 0.15) is 30.1 Å². The van der Waals surface area contributed by atoms with E-state index >= 15 is 0 Å². The quantitative estimate of drug-likeness (QED) is 0.576. The number of nitrogens with one attached hydrogen (secondary N) is 1. The number of furan rings is 1. The molecule has 1 aliphatic heterocycles. The molecule has 10 nitrogen and oxygen atoms in total. The number of aromatic nitrogens is 2. The lowest BCUT2D eigenvalue weighted by Crippen LogP contribution is -2.28. The normalized spacial score (nSPS) is 14.0. The van der Waals surface area contributed by atoms with Gasteiger partial charge < -0.3 is 19.2 Å². The molecule has 0 aliphatic carbocycles. The average Bonchev–Trinajstić information content (AvgIpc) is 3.47. The molecule has 1 atom stereocenters. The monoisotopic (exact) mass is 460 g/mol. The fourth-order valence-corrected chi connectivity index (χ4v) is 5.08. The van der Waals surface area contributed by atoms with Gasteiger partial charge in [-0.3, -0.25) is 9.48 Å². The number of hydrogen-bond donors (Lipinski definition) is 1. The van der Waals surface area contributed by atoms with Crippen LogP contribution in [0.5, 0.6) is 11.5 Å². The molecule has 1 aliphatic rings. The van der Waals surface area contributed by atoms with Crippen LogP contribution < -0.4 is 14.8 Å². The Morgan fingerprint density at radius 2 is 2.00 bits per heavy atom. The van der Waals surface area contributed by atoms with Gasteiger partial charge in [-0.1, -0.05) is 0 Å². The van der Waals surface area contributed by atoms with Crippen LogP contribution in [0.25, 0.3) is 0 Å². The van der Waals surface area contributed by atoms with Crippen LogP contribution in [-0.4, -0.2) is 42.3 Å². The molecule has 11 heteroatoms. The molecule has 3 heterocycles. The summed E-state index contributed by atoms with van der Waals surface area (Å²) in [4.78, 5) is 12.9. The van der Waals surface area contributed by atoms with Crippen molar-refractivity contribution in [3.05, 3.63) is 53.7 Å². The summed E-state index contributed by atoms with van der Waals surface area (Å²) in [5, 5.41) is 7.17. The Kier molecular flexibility index (Phi) is 5.70. The van der Waals surface area contributed by atoms with Crippen molar-refractivity contribution >= 4 is 21.6 Å². The second-order valence-corrected chi connectivity index (χ2v) is 9.50. The number of fused-ring (bicyclic) bond motifs is 1. The van der Waals surface area contributed by atoms with Crippen LogP contribution in [0.2, 0.25) is 0 Å². The first kappa shape index (κ1) is 21.9. The fourth-order valence-electron chi connectivity index (χ4n) is 3.59. The molecule has 2 aromatic heterocycles. The highest BCUT2D eigenvalue weighted by molar-refractivity contribution is 7.89. The predicted molar refractivity (Wildman–Crippen MR) is 115 cm³/mol. The Morgan fingerprint density at radius 3 is 2.72 bits per heavy atom. The Hall–Kier alpha value is -3.31. The zero-order valence-electron chi connectivity index (χ0n) is 18.2. The van der Waals surface area contributed by atoms with Gasteiger partial charge in [-0.05, 0) is 45.0 Å². The maximum atomic E-state index is 13.2. The van der Waals surface area contributed by atoms with Gasteiger partial charge >= 0.3 is 0 Å². The van der Waals surface area contributed by atoms with Crippen molar-refractivity contribution < 1.29 is 27.1 Å². The van der Waals surface area contributed by atoms with E-state index in [9.17, 15) is 13.2 Å². The summed E-state index contributed by atoms with van der Waals surface area (Å²) < 4.78 is 44.9. The van der Waals surface area contributed by atoms with Gasteiger partial charge in [0.05, 0.1) is 24.2 Å². The minimum Gasteiger partial charge on any atom is -0.468 e. The maximum Gasteiger partial charge on any atom is 0.248 e. The van der Waals surface area contributed by atoms with Crippen molar-refractivity contribution in [3.8, 4) is 11.5 Å². The summed E-state index contributed by atoms with van der Waals surface area (Å²) in [5.41, 5.74) is 1.23. The van der Waals surface area contributed by atoms with Crippen LogP contribution in [0.3, 0.4) is 0 Å². The first-order chi connectivity index (χ1) is 15.2. The van der Waals surface area contributed by atoms with Crippen molar-refractivity contribution in [2.75, 3.05) is 19.2 Å². The van der Waals surface area contributed by atoms with Crippen molar-refractivity contribution in [1.29, 1.82) is 0 Å². The summed E-state index contributed by atoms with van der Waals surface area (Å²) in [6.07, 6.45) is 1.49. The number of ether oxygens (including phenoxy) is 2. The van der Waals surface area contributed by atoms with Gasteiger partial charge in [-0.2, -0.15) is 9.40 Å². The van der Waals surface area contributed by atoms with Crippen LogP contribution >= 0.6 is 0 Å². The SMILES string of the molecule is Cc1nn([C@@H](C)C(=O)Nc2ccc3c(c2)OCO3)c(C)c1S(=O)(=O)N(C)Cc1ccco1. The highest BCUT2D eigenvalue weighted by Gasteiger charge is 2.31. The third-order valence-electron chi connectivity index (χ3n) is 5.27. The molecule has 0 unspecified atom stereocenters. The van der Waals surface area contributed by atoms with Crippen molar-refractivity contribution in [1.82, 2.24) is 14.1 Å². The zero-order chi connectivity index (χ0) is 23.0. The highest BCUT2D eigenvalue weighted by atomic mass is 32.2. The second kappa shape index (κ2) is 8.32. The van der Waals surface area contributed by atoms with E-state index in [1.54, 1.807) is 51.1 Å². The number of aryl methyl sites for hydroxylation is 1. The van der Waals surface area contributed by atoms with Crippen molar-refractivity contribution in [2.45, 2.75) is 38.3 Å². The molecule has 170 valence electrons. The molecule has 1 amide bonds. The lowest BCUT2D eigenvalue weighted by atomic mass is 10.2. The molecule has 1 N–H and O–H groups in total. The van der Waals surface area contributed by atoms with E-state index < -0.39 is 16.1 Å². The molecule has 32 heavy (non-hydrogen) atoms. The summed E-state index contributed by atoms with van der Waals surface area (Å²) >= 11 is 0. The number of amides is 1. The zero-order valence-corrected chi connectivity index (χ0v) is 19.0. The molecule has 0 bridgehead atoms. The first-order valence-corrected chi connectivity index (χ1v) is 11.4. The van der Waals surface area contributed by atoms with Crippen LogP contribution in [0, 0.1) is 13.8 Å². The number of benzene rings is 1. The standard InChI is InChI=1S/C21H24N4O6S/c1-13-20(32(27,28)24(4)11-17-6-5-9-29-17)14(2)25(23-13)15(3)21(26)22-16-7-8-18-19(10-16)31-12-30-18/h5-10,15H,11-12H2,1-4H3,(H,22,26)/t15-/m0/s1. The number of carbonyl (C=O) groups is 1. The molecule has 0 radical (unpaired) electrons. The van der Waals surface area contributed by atoms with Gasteiger partial charge in [-0.15, -0.1) is 0 Å². The third-order valence-corrected chi connectivity index (χ3v) is 7.33. The molecule has 4 rings (SSSR count). The minimum absolute atomic E-state index is 0.0780. The molecule has 0 fully saturated rings. The lowest BCUT2D eigenvalue weighted by molar-refractivity contribution is -0.119. The fraction of sp³-hybridized carbons (Fsp3) is 0.333. The van der Waals surface area contributed by atoms with Crippen molar-refractivity contribution in [3.63, 3.8) is 0 Å². The summed E-state index contributed by atoms with van der Waals surface area (Å²) in [5.74, 6) is 1.34. The summed E-state index contributed by atoms with van der Waals surface area (Å²) in [6.45, 7) is 5.13. The maximum absolute atomic E-state index is 13.2. The van der Waals surface area contributed by atoms with E-state index in [0.29, 0.717) is 34.3 Å². The predicted octanol–water partition coefficient (Wildman–Crippen LogP) is 2.84. The Labute approximate surface area is 185 Å². The molecule has 0 saturated heterocycles. The van der Waals surface area contributed by atoms with E-state index in [-0.39, 0.29) is 24.1 Å². The second-order valence-electron chi connectivity index (χ2n) is 7.52. The number of nitrogens with zero attached hydrogens (tertiary/aromatic N) is 3. The summed E-state index contributed by atoms with van der Waals surface area (Å²) in [7, 11) is -2.38.